The molecule has 7 atom stereocenters. The zero-order valence-electron chi connectivity index (χ0n) is 32.3. The van der Waals surface area contributed by atoms with Crippen LogP contribution in [-0.4, -0.2) is 80.9 Å². The molecule has 2 heterocycles. The molecule has 5 rings (SSSR count). The SMILES string of the molecule is CCCC(NC(=O)[C@@H]1[C@H]2CCC[C@H]2CN1C(=O)[C@@H](NC(=O)[C@@H](NC(=O)c1cnccn1)C1CCCCC1)C(C)(C)C)C(=O)C(=O)N[C@@H](C)c1ccccc1. The molecular formula is C41H57N7O6. The standard InChI is InChI=1S/C41H57N7O6/c1-6-14-30(34(49)39(53)44-25(2)26-15-9-7-10-16-26)45-38(52)33-29-20-13-19-28(29)24-48(33)40(54)35(41(3,4)5)47-37(51)32(27-17-11-8-12-18-27)46-36(50)31-23-42-21-22-43-31/h7,9-10,15-16,21-23,25,27-30,32-33,35H,6,8,11-14,17-20,24H2,1-5H3,(H,44,53)(H,45,52)(H,46,50)(H,47,51)/t25-,28-,29-,30?,32-,33-,35+/m0/s1. The second kappa shape index (κ2) is 18.1. The minimum Gasteiger partial charge on any atom is -0.344 e. The maximum absolute atomic E-state index is 14.7. The van der Waals surface area contributed by atoms with E-state index >= 15 is 0 Å². The van der Waals surface area contributed by atoms with Crippen LogP contribution in [0.5, 0.6) is 0 Å². The number of hydrogen-bond donors (Lipinski definition) is 4. The average molecular weight is 744 g/mol. The van der Waals surface area contributed by atoms with Gasteiger partial charge in [-0.25, -0.2) is 4.98 Å². The summed E-state index contributed by atoms with van der Waals surface area (Å²) in [6.45, 7) is 9.61. The number of amides is 5. The Hall–Kier alpha value is -4.68. The number of fused-ring (bicyclic) bond motifs is 1. The van der Waals surface area contributed by atoms with Crippen LogP contribution in [0.4, 0.5) is 0 Å². The van der Waals surface area contributed by atoms with E-state index in [4.69, 9.17) is 0 Å². The van der Waals surface area contributed by atoms with E-state index in [1.54, 1.807) is 11.8 Å². The number of nitrogens with one attached hydrogen (secondary N) is 4. The Balaban J connectivity index is 1.34. The van der Waals surface area contributed by atoms with Crippen molar-refractivity contribution in [2.45, 2.75) is 129 Å². The predicted molar refractivity (Wildman–Crippen MR) is 202 cm³/mol. The van der Waals surface area contributed by atoms with Gasteiger partial charge in [0.25, 0.3) is 11.8 Å². The summed E-state index contributed by atoms with van der Waals surface area (Å²) < 4.78 is 0. The summed E-state index contributed by atoms with van der Waals surface area (Å²) in [6.07, 6.45) is 12.0. The minimum absolute atomic E-state index is 0.0927. The van der Waals surface area contributed by atoms with Gasteiger partial charge in [0.2, 0.25) is 23.5 Å². The van der Waals surface area contributed by atoms with Gasteiger partial charge in [-0.05, 0) is 67.8 Å². The maximum atomic E-state index is 14.7. The largest absolute Gasteiger partial charge is 0.344 e. The van der Waals surface area contributed by atoms with E-state index in [1.807, 2.05) is 58.0 Å². The van der Waals surface area contributed by atoms with Gasteiger partial charge >= 0.3 is 0 Å². The second-order valence-corrected chi connectivity index (χ2v) is 16.4. The van der Waals surface area contributed by atoms with Gasteiger partial charge in [0.1, 0.15) is 23.8 Å². The molecule has 1 aliphatic heterocycles. The second-order valence-electron chi connectivity index (χ2n) is 16.4. The third-order valence-electron chi connectivity index (χ3n) is 11.4. The number of carbonyl (C=O) groups excluding carboxylic acids is 6. The molecule has 2 aliphatic carbocycles. The first kappa shape index (κ1) is 40.5. The Bertz CT molecular complexity index is 1640. The van der Waals surface area contributed by atoms with Gasteiger partial charge in [0.15, 0.2) is 0 Å². The fraction of sp³-hybridized carbons (Fsp3) is 0.610. The first-order chi connectivity index (χ1) is 25.8. The van der Waals surface area contributed by atoms with Gasteiger partial charge in [-0.15, -0.1) is 0 Å². The molecule has 0 radical (unpaired) electrons. The summed E-state index contributed by atoms with van der Waals surface area (Å²) in [7, 11) is 0. The molecule has 1 unspecified atom stereocenters. The number of carbonyl (C=O) groups is 6. The quantitative estimate of drug-likeness (QED) is 0.209. The Morgan fingerprint density at radius 1 is 0.870 bits per heavy atom. The van der Waals surface area contributed by atoms with Crippen molar-refractivity contribution in [1.29, 1.82) is 0 Å². The number of nitrogens with zero attached hydrogens (tertiary/aromatic N) is 3. The Kier molecular flexibility index (Phi) is 13.6. The molecular weight excluding hydrogens is 686 g/mol. The molecule has 1 aromatic heterocycles. The van der Waals surface area contributed by atoms with Crippen LogP contribution in [-0.2, 0) is 24.0 Å². The van der Waals surface area contributed by atoms with Crippen LogP contribution >= 0.6 is 0 Å². The van der Waals surface area contributed by atoms with Gasteiger partial charge in [-0.1, -0.05) is 90.1 Å². The van der Waals surface area contributed by atoms with Gasteiger partial charge < -0.3 is 26.2 Å². The van der Waals surface area contributed by atoms with E-state index in [0.29, 0.717) is 13.0 Å². The molecule has 13 heteroatoms. The number of ketones is 1. The van der Waals surface area contributed by atoms with Crippen LogP contribution in [0.3, 0.4) is 0 Å². The highest BCUT2D eigenvalue weighted by Gasteiger charge is 2.52. The van der Waals surface area contributed by atoms with Crippen molar-refractivity contribution in [3.8, 4) is 0 Å². The Labute approximate surface area is 318 Å². The van der Waals surface area contributed by atoms with Gasteiger partial charge in [-0.3, -0.25) is 33.8 Å². The number of hydrogen-bond acceptors (Lipinski definition) is 8. The van der Waals surface area contributed by atoms with Crippen molar-refractivity contribution < 1.29 is 28.8 Å². The lowest BCUT2D eigenvalue weighted by molar-refractivity contribution is -0.146. The average Bonchev–Trinajstić information content (AvgIpc) is 3.77. The normalized spacial score (nSPS) is 22.2. The van der Waals surface area contributed by atoms with Gasteiger partial charge in [-0.2, -0.15) is 0 Å². The van der Waals surface area contributed by atoms with Crippen molar-refractivity contribution in [2.24, 2.45) is 23.2 Å². The highest BCUT2D eigenvalue weighted by Crippen LogP contribution is 2.43. The molecule has 54 heavy (non-hydrogen) atoms. The van der Waals surface area contributed by atoms with Crippen molar-refractivity contribution in [2.75, 3.05) is 6.54 Å². The van der Waals surface area contributed by atoms with E-state index < -0.39 is 65.0 Å². The molecule has 3 aliphatic rings. The predicted octanol–water partition coefficient (Wildman–Crippen LogP) is 4.04. The van der Waals surface area contributed by atoms with E-state index in [0.717, 1.165) is 56.9 Å². The Morgan fingerprint density at radius 2 is 1.59 bits per heavy atom. The fourth-order valence-electron chi connectivity index (χ4n) is 8.48. The van der Waals surface area contributed by atoms with E-state index in [2.05, 4.69) is 31.2 Å². The molecule has 13 nitrogen and oxygen atoms in total. The first-order valence-electron chi connectivity index (χ1n) is 19.7. The summed E-state index contributed by atoms with van der Waals surface area (Å²) >= 11 is 0. The van der Waals surface area contributed by atoms with Crippen LogP contribution in [0.15, 0.2) is 48.9 Å². The van der Waals surface area contributed by atoms with Gasteiger partial charge in [0.05, 0.1) is 18.3 Å². The molecule has 0 bridgehead atoms. The number of aromatic nitrogens is 2. The monoisotopic (exact) mass is 743 g/mol. The van der Waals surface area contributed by atoms with Crippen LogP contribution in [0.25, 0.3) is 0 Å². The Morgan fingerprint density at radius 3 is 2.24 bits per heavy atom. The summed E-state index contributed by atoms with van der Waals surface area (Å²) in [5.41, 5.74) is 0.182. The number of rotatable bonds is 14. The highest BCUT2D eigenvalue weighted by atomic mass is 16.2. The van der Waals surface area contributed by atoms with Crippen molar-refractivity contribution in [3.05, 3.63) is 60.2 Å². The number of likely N-dealkylation sites (tertiary alicyclic amines) is 1. The van der Waals surface area contributed by atoms with Crippen LogP contribution < -0.4 is 21.3 Å². The molecule has 292 valence electrons. The summed E-state index contributed by atoms with van der Waals surface area (Å²) in [5, 5.41) is 11.6. The molecule has 2 aromatic rings. The van der Waals surface area contributed by atoms with E-state index in [-0.39, 0.29) is 35.8 Å². The number of Topliss-reactive ketones (excluding diaryl/α,β-unsaturated/α-hetero) is 1. The van der Waals surface area contributed by atoms with E-state index in [9.17, 15) is 28.8 Å². The molecule has 3 fully saturated rings. The third kappa shape index (κ3) is 9.70. The first-order valence-corrected chi connectivity index (χ1v) is 19.7. The van der Waals surface area contributed by atoms with Gasteiger partial charge in [0, 0.05) is 18.9 Å². The molecule has 1 saturated heterocycles. The summed E-state index contributed by atoms with van der Waals surface area (Å²) in [6, 6.07) is 5.06. The van der Waals surface area contributed by atoms with Crippen LogP contribution in [0.1, 0.15) is 121 Å². The summed E-state index contributed by atoms with van der Waals surface area (Å²) in [4.78, 5) is 92.8. The molecule has 1 aromatic carbocycles. The van der Waals surface area contributed by atoms with Crippen molar-refractivity contribution >= 4 is 35.3 Å². The maximum Gasteiger partial charge on any atom is 0.290 e. The number of benzene rings is 1. The van der Waals surface area contributed by atoms with Crippen molar-refractivity contribution in [3.63, 3.8) is 0 Å². The lowest BCUT2D eigenvalue weighted by Crippen LogP contribution is -2.62. The molecule has 0 spiro atoms. The fourth-order valence-corrected chi connectivity index (χ4v) is 8.48. The zero-order chi connectivity index (χ0) is 39.0. The van der Waals surface area contributed by atoms with Crippen LogP contribution in [0.2, 0.25) is 0 Å². The van der Waals surface area contributed by atoms with Crippen LogP contribution in [0, 0.1) is 23.2 Å². The summed E-state index contributed by atoms with van der Waals surface area (Å²) in [5.74, 6) is -3.49. The highest BCUT2D eigenvalue weighted by molar-refractivity contribution is 6.38. The minimum atomic E-state index is -1.06. The smallest absolute Gasteiger partial charge is 0.290 e. The molecule has 2 saturated carbocycles. The molecule has 5 amide bonds. The van der Waals surface area contributed by atoms with E-state index in [1.165, 1.54) is 18.6 Å². The zero-order valence-corrected chi connectivity index (χ0v) is 32.3. The van der Waals surface area contributed by atoms with Crippen molar-refractivity contribution in [1.82, 2.24) is 36.1 Å². The molecule has 4 N–H and O–H groups in total. The topological polar surface area (TPSA) is 180 Å². The lowest BCUT2D eigenvalue weighted by Gasteiger charge is -2.38. The third-order valence-corrected chi connectivity index (χ3v) is 11.4. The lowest BCUT2D eigenvalue weighted by atomic mass is 9.82.